The molecule has 1 aromatic rings. The molecule has 0 aliphatic carbocycles. The van der Waals surface area contributed by atoms with E-state index < -0.39 is 0 Å². The minimum Gasteiger partial charge on any atom is -0.216 e. The Bertz CT molecular complexity index is 226. The lowest BCUT2D eigenvalue weighted by atomic mass is 10.4. The minimum absolute atomic E-state index is 0.235. The summed E-state index contributed by atoms with van der Waals surface area (Å²) in [4.78, 5) is 12.5. The van der Waals surface area contributed by atoms with Gasteiger partial charge >= 0.3 is 0 Å². The van der Waals surface area contributed by atoms with Gasteiger partial charge < -0.3 is 0 Å². The summed E-state index contributed by atoms with van der Waals surface area (Å²) in [6, 6.07) is 1.57. The second kappa shape index (κ2) is 2.55. The van der Waals surface area contributed by atoms with E-state index in [0.29, 0.717) is 5.02 Å². The quantitative estimate of drug-likeness (QED) is 0.550. The van der Waals surface area contributed by atoms with Gasteiger partial charge in [0, 0.05) is 6.07 Å². The maximum absolute atomic E-state index is 9.87. The number of aromatic nitrogens is 1. The summed E-state index contributed by atoms with van der Waals surface area (Å²) in [5, 5.41) is 3.02. The highest BCUT2D eigenvalue weighted by atomic mass is 35.5. The summed E-state index contributed by atoms with van der Waals surface area (Å²) >= 11 is 5.51. The second-order valence-corrected chi connectivity index (χ2v) is 1.88. The third-order valence-electron chi connectivity index (χ3n) is 0.889. The summed E-state index contributed by atoms with van der Waals surface area (Å²) in [7, 11) is 0. The smallest absolute Gasteiger partial charge is 0.198 e. The molecule has 0 bridgehead atoms. The molecule has 0 unspecified atom stereocenters. The topological polar surface area (TPSA) is 43.6 Å². The lowest BCUT2D eigenvalue weighted by Gasteiger charge is -1.83. The predicted octanol–water partition coefficient (Wildman–Crippen LogP) is 1.55. The van der Waals surface area contributed by atoms with E-state index in [2.05, 4.69) is 10.2 Å². The highest BCUT2D eigenvalue weighted by Gasteiger charge is 1.99. The summed E-state index contributed by atoms with van der Waals surface area (Å²) in [5.74, 6) is 0. The number of halogens is 1. The molecule has 1 N–H and O–H groups in total. The molecule has 0 aliphatic rings. The number of pyridine rings is 1. The van der Waals surface area contributed by atoms with Gasteiger partial charge in [-0.1, -0.05) is 11.6 Å². The fourth-order valence-electron chi connectivity index (χ4n) is 0.473. The van der Waals surface area contributed by atoms with Gasteiger partial charge in [-0.25, -0.2) is 4.98 Å². The van der Waals surface area contributed by atoms with Gasteiger partial charge in [-0.15, -0.1) is 4.91 Å². The van der Waals surface area contributed by atoms with E-state index in [1.807, 2.05) is 0 Å². The van der Waals surface area contributed by atoms with Gasteiger partial charge in [0.1, 0.15) is 0 Å². The van der Waals surface area contributed by atoms with E-state index in [1.54, 1.807) is 12.3 Å². The molecule has 4 heteroatoms. The van der Waals surface area contributed by atoms with Crippen molar-refractivity contribution in [1.82, 2.24) is 0 Å². The van der Waals surface area contributed by atoms with Crippen molar-refractivity contribution in [2.24, 2.45) is 5.18 Å². The first-order valence-corrected chi connectivity index (χ1v) is 2.71. The van der Waals surface area contributed by atoms with Crippen LogP contribution in [0.5, 0.6) is 0 Å². The molecule has 1 rings (SSSR count). The van der Waals surface area contributed by atoms with Crippen molar-refractivity contribution in [1.29, 1.82) is 0 Å². The number of nitrogens with zero attached hydrogens (tertiary/aromatic N) is 1. The molecule has 1 aromatic heterocycles. The predicted molar refractivity (Wildman–Crippen MR) is 33.5 cm³/mol. The first-order chi connectivity index (χ1) is 4.34. The molecule has 0 atom stereocenters. The number of H-pyrrole nitrogens is 1. The van der Waals surface area contributed by atoms with E-state index in [-0.39, 0.29) is 5.69 Å². The van der Waals surface area contributed by atoms with Crippen molar-refractivity contribution in [3.05, 3.63) is 28.4 Å². The number of nitrogens with one attached hydrogen (secondary N) is 1. The zero-order valence-corrected chi connectivity index (χ0v) is 5.22. The van der Waals surface area contributed by atoms with Gasteiger partial charge in [-0.3, -0.25) is 0 Å². The Hall–Kier alpha value is -0.960. The number of aromatic amines is 1. The van der Waals surface area contributed by atoms with Crippen LogP contribution >= 0.6 is 11.6 Å². The molecule has 0 aromatic carbocycles. The van der Waals surface area contributed by atoms with Crippen LogP contribution in [0.1, 0.15) is 0 Å². The number of hydrogen-bond donors (Lipinski definition) is 0. The SMILES string of the molecule is O=Nc1c[nH+]ccc1Cl. The number of hydrogen-bond acceptors (Lipinski definition) is 2. The largest absolute Gasteiger partial charge is 0.216 e. The lowest BCUT2D eigenvalue weighted by Crippen LogP contribution is -1.96. The Kier molecular flexibility index (Phi) is 1.75. The number of rotatable bonds is 1. The van der Waals surface area contributed by atoms with E-state index >= 15 is 0 Å². The Morgan fingerprint density at radius 1 is 1.67 bits per heavy atom. The van der Waals surface area contributed by atoms with Crippen LogP contribution in [0.3, 0.4) is 0 Å². The Morgan fingerprint density at radius 2 is 2.44 bits per heavy atom. The van der Waals surface area contributed by atoms with Crippen molar-refractivity contribution in [2.75, 3.05) is 0 Å². The summed E-state index contributed by atoms with van der Waals surface area (Å²) in [5.41, 5.74) is 0.235. The first-order valence-electron chi connectivity index (χ1n) is 2.33. The molecule has 0 amide bonds. The van der Waals surface area contributed by atoms with E-state index in [4.69, 9.17) is 11.6 Å². The average molecular weight is 144 g/mol. The standard InChI is InChI=1S/C5H3ClN2O/c6-4-1-2-7-3-5(4)8-9/h1-3H/p+1. The molecule has 3 nitrogen and oxygen atoms in total. The zero-order chi connectivity index (χ0) is 6.69. The van der Waals surface area contributed by atoms with Crippen LogP contribution in [0.25, 0.3) is 0 Å². The van der Waals surface area contributed by atoms with Crippen LogP contribution in [0.4, 0.5) is 5.69 Å². The molecule has 0 radical (unpaired) electrons. The molecule has 0 aliphatic heterocycles. The van der Waals surface area contributed by atoms with Crippen molar-refractivity contribution in [3.63, 3.8) is 0 Å². The summed E-state index contributed by atoms with van der Waals surface area (Å²) < 4.78 is 0. The first kappa shape index (κ1) is 6.16. The van der Waals surface area contributed by atoms with Crippen LogP contribution in [0, 0.1) is 4.91 Å². The van der Waals surface area contributed by atoms with Crippen molar-refractivity contribution in [3.8, 4) is 0 Å². The molecule has 0 spiro atoms. The summed E-state index contributed by atoms with van der Waals surface area (Å²) in [6.45, 7) is 0. The third kappa shape index (κ3) is 1.23. The van der Waals surface area contributed by atoms with Gasteiger partial charge in [-0.05, 0) is 5.18 Å². The maximum atomic E-state index is 9.87. The maximum Gasteiger partial charge on any atom is 0.198 e. The molecular weight excluding hydrogens is 140 g/mol. The molecule has 0 fully saturated rings. The number of nitroso groups, excluding NO2 is 1. The van der Waals surface area contributed by atoms with Crippen LogP contribution in [-0.4, -0.2) is 0 Å². The van der Waals surface area contributed by atoms with Crippen molar-refractivity contribution >= 4 is 17.3 Å². The molecule has 9 heavy (non-hydrogen) atoms. The highest BCUT2D eigenvalue weighted by molar-refractivity contribution is 6.32. The van der Waals surface area contributed by atoms with Crippen molar-refractivity contribution in [2.45, 2.75) is 0 Å². The second-order valence-electron chi connectivity index (χ2n) is 1.47. The van der Waals surface area contributed by atoms with E-state index in [1.165, 1.54) is 6.20 Å². The van der Waals surface area contributed by atoms with Gasteiger partial charge in [-0.2, -0.15) is 0 Å². The van der Waals surface area contributed by atoms with Crippen LogP contribution < -0.4 is 4.98 Å². The lowest BCUT2D eigenvalue weighted by molar-refractivity contribution is -0.377. The van der Waals surface area contributed by atoms with Gasteiger partial charge in [0.05, 0.1) is 5.02 Å². The Balaban J connectivity index is 3.15. The van der Waals surface area contributed by atoms with Crippen molar-refractivity contribution < 1.29 is 4.98 Å². The monoisotopic (exact) mass is 143 g/mol. The summed E-state index contributed by atoms with van der Waals surface area (Å²) in [6.07, 6.45) is 3.06. The molecular formula is C5H4ClN2O+. The molecule has 0 saturated carbocycles. The fraction of sp³-hybridized carbons (Fsp3) is 0. The zero-order valence-electron chi connectivity index (χ0n) is 4.47. The Labute approximate surface area is 56.6 Å². The van der Waals surface area contributed by atoms with Crippen LogP contribution in [0.2, 0.25) is 5.02 Å². The van der Waals surface area contributed by atoms with Crippen LogP contribution in [-0.2, 0) is 0 Å². The third-order valence-corrected chi connectivity index (χ3v) is 1.21. The van der Waals surface area contributed by atoms with Gasteiger partial charge in [0.15, 0.2) is 18.1 Å². The highest BCUT2D eigenvalue weighted by Crippen LogP contribution is 2.19. The van der Waals surface area contributed by atoms with Gasteiger partial charge in [0.25, 0.3) is 0 Å². The minimum atomic E-state index is 0.235. The van der Waals surface area contributed by atoms with Gasteiger partial charge in [0.2, 0.25) is 0 Å². The van der Waals surface area contributed by atoms with E-state index in [0.717, 1.165) is 0 Å². The average Bonchev–Trinajstić information content (AvgIpc) is 1.89. The van der Waals surface area contributed by atoms with Crippen LogP contribution in [0.15, 0.2) is 23.6 Å². The Morgan fingerprint density at radius 3 is 2.89 bits per heavy atom. The molecule has 0 saturated heterocycles. The fourth-order valence-corrected chi connectivity index (χ4v) is 0.625. The van der Waals surface area contributed by atoms with E-state index in [9.17, 15) is 4.91 Å². The molecule has 46 valence electrons. The normalized spacial score (nSPS) is 9.00. The molecule has 1 heterocycles.